The minimum Gasteiger partial charge on any atom is -0.436 e. The molecule has 3 rings (SSSR count). The molecule has 0 saturated heterocycles. The van der Waals surface area contributed by atoms with E-state index < -0.39 is 11.7 Å². The fourth-order valence-corrected chi connectivity index (χ4v) is 2.49. The molecule has 23 heavy (non-hydrogen) atoms. The smallest absolute Gasteiger partial charge is 0.417 e. The predicted octanol–water partition coefficient (Wildman–Crippen LogP) is 4.24. The van der Waals surface area contributed by atoms with Crippen molar-refractivity contribution in [2.45, 2.75) is 19.5 Å². The van der Waals surface area contributed by atoms with E-state index in [1.165, 1.54) is 12.1 Å². The Labute approximate surface area is 129 Å². The van der Waals surface area contributed by atoms with Crippen LogP contribution in [0.4, 0.5) is 24.5 Å². The standard InChI is InChI=1S/C16H14F3N3O/c1-2-8-5-10(21)7-13-14(8)23-15(22-13)11-4-3-9(20)6-12(11)16(17,18)19/h3-7H,2,20-21H2,1H3. The maximum Gasteiger partial charge on any atom is 0.417 e. The molecular formula is C16H14F3N3O. The number of aryl methyl sites for hydroxylation is 1. The number of nitrogens with two attached hydrogens (primary N) is 2. The lowest BCUT2D eigenvalue weighted by molar-refractivity contribution is -0.137. The van der Waals surface area contributed by atoms with Crippen molar-refractivity contribution in [2.24, 2.45) is 0 Å². The van der Waals surface area contributed by atoms with E-state index in [-0.39, 0.29) is 17.1 Å². The molecule has 0 aliphatic rings. The topological polar surface area (TPSA) is 78.1 Å². The summed E-state index contributed by atoms with van der Waals surface area (Å²) < 4.78 is 45.3. The number of hydrogen-bond donors (Lipinski definition) is 2. The Bertz CT molecular complexity index is 884. The summed E-state index contributed by atoms with van der Waals surface area (Å²) in [4.78, 5) is 4.17. The number of hydrogen-bond acceptors (Lipinski definition) is 4. The molecule has 4 N–H and O–H groups in total. The number of nitrogens with zero attached hydrogens (tertiary/aromatic N) is 1. The summed E-state index contributed by atoms with van der Waals surface area (Å²) in [6, 6.07) is 6.82. The summed E-state index contributed by atoms with van der Waals surface area (Å²) >= 11 is 0. The third kappa shape index (κ3) is 2.69. The first-order chi connectivity index (χ1) is 10.8. The van der Waals surface area contributed by atoms with Gasteiger partial charge in [0.1, 0.15) is 5.52 Å². The third-order valence-corrected chi connectivity index (χ3v) is 3.55. The largest absolute Gasteiger partial charge is 0.436 e. The van der Waals surface area contributed by atoms with Crippen molar-refractivity contribution in [3.63, 3.8) is 0 Å². The summed E-state index contributed by atoms with van der Waals surface area (Å²) in [6.45, 7) is 1.90. The van der Waals surface area contributed by atoms with Gasteiger partial charge in [-0.3, -0.25) is 0 Å². The number of fused-ring (bicyclic) bond motifs is 1. The molecule has 7 heteroatoms. The first kappa shape index (κ1) is 15.2. The lowest BCUT2D eigenvalue weighted by atomic mass is 10.1. The minimum absolute atomic E-state index is 0.0238. The molecule has 0 fully saturated rings. The van der Waals surface area contributed by atoms with E-state index in [9.17, 15) is 13.2 Å². The summed E-state index contributed by atoms with van der Waals surface area (Å²) in [5, 5.41) is 0. The van der Waals surface area contributed by atoms with Crippen molar-refractivity contribution < 1.29 is 17.6 Å². The predicted molar refractivity (Wildman–Crippen MR) is 82.6 cm³/mol. The zero-order valence-corrected chi connectivity index (χ0v) is 12.2. The molecule has 0 radical (unpaired) electrons. The van der Waals surface area contributed by atoms with Gasteiger partial charge >= 0.3 is 6.18 Å². The van der Waals surface area contributed by atoms with Gasteiger partial charge in [-0.25, -0.2) is 4.98 Å². The molecule has 0 amide bonds. The van der Waals surface area contributed by atoms with Gasteiger partial charge in [0.25, 0.3) is 0 Å². The zero-order chi connectivity index (χ0) is 16.8. The van der Waals surface area contributed by atoms with Crippen molar-refractivity contribution in [1.82, 2.24) is 4.98 Å². The number of rotatable bonds is 2. The van der Waals surface area contributed by atoms with Crippen LogP contribution in [0.25, 0.3) is 22.6 Å². The molecule has 120 valence electrons. The Morgan fingerprint density at radius 1 is 1.09 bits per heavy atom. The molecule has 4 nitrogen and oxygen atoms in total. The van der Waals surface area contributed by atoms with E-state index in [0.717, 1.165) is 11.6 Å². The highest BCUT2D eigenvalue weighted by Gasteiger charge is 2.35. The van der Waals surface area contributed by atoms with Gasteiger partial charge in [0.15, 0.2) is 5.58 Å². The van der Waals surface area contributed by atoms with E-state index in [1.54, 1.807) is 12.1 Å². The number of anilines is 2. The Balaban J connectivity index is 2.26. The highest BCUT2D eigenvalue weighted by atomic mass is 19.4. The Morgan fingerprint density at radius 2 is 1.83 bits per heavy atom. The first-order valence-electron chi connectivity index (χ1n) is 6.95. The van der Waals surface area contributed by atoms with Crippen molar-refractivity contribution in [3.8, 4) is 11.5 Å². The molecule has 0 spiro atoms. The molecule has 0 unspecified atom stereocenters. The van der Waals surface area contributed by atoms with Crippen LogP contribution in [0.1, 0.15) is 18.1 Å². The first-order valence-corrected chi connectivity index (χ1v) is 6.95. The third-order valence-electron chi connectivity index (χ3n) is 3.55. The fourth-order valence-electron chi connectivity index (χ4n) is 2.49. The quantitative estimate of drug-likeness (QED) is 0.692. The van der Waals surface area contributed by atoms with Crippen LogP contribution >= 0.6 is 0 Å². The second kappa shape index (κ2) is 5.19. The number of benzene rings is 2. The van der Waals surface area contributed by atoms with Gasteiger partial charge in [0, 0.05) is 16.9 Å². The van der Waals surface area contributed by atoms with Crippen LogP contribution in [0.3, 0.4) is 0 Å². The lowest BCUT2D eigenvalue weighted by Crippen LogP contribution is -2.08. The highest BCUT2D eigenvalue weighted by molar-refractivity contribution is 5.83. The second-order valence-corrected chi connectivity index (χ2v) is 5.20. The maximum absolute atomic E-state index is 13.2. The van der Waals surface area contributed by atoms with Gasteiger partial charge in [-0.1, -0.05) is 6.92 Å². The Kier molecular flexibility index (Phi) is 3.43. The van der Waals surface area contributed by atoms with Gasteiger partial charge in [-0.15, -0.1) is 0 Å². The van der Waals surface area contributed by atoms with Gasteiger partial charge in [0.05, 0.1) is 5.56 Å². The number of aromatic nitrogens is 1. The van der Waals surface area contributed by atoms with Gasteiger partial charge in [-0.2, -0.15) is 13.2 Å². The van der Waals surface area contributed by atoms with Crippen molar-refractivity contribution in [1.29, 1.82) is 0 Å². The van der Waals surface area contributed by atoms with Crippen molar-refractivity contribution >= 4 is 22.5 Å². The fraction of sp³-hybridized carbons (Fsp3) is 0.188. The molecule has 0 aliphatic heterocycles. The van der Waals surface area contributed by atoms with Gasteiger partial charge < -0.3 is 15.9 Å². The molecule has 3 aromatic rings. The van der Waals surface area contributed by atoms with Crippen LogP contribution in [0.5, 0.6) is 0 Å². The molecule has 0 saturated carbocycles. The van der Waals surface area contributed by atoms with Crippen LogP contribution in [0.15, 0.2) is 34.7 Å². The van der Waals surface area contributed by atoms with E-state index >= 15 is 0 Å². The Morgan fingerprint density at radius 3 is 2.48 bits per heavy atom. The monoisotopic (exact) mass is 321 g/mol. The maximum atomic E-state index is 13.2. The lowest BCUT2D eigenvalue weighted by Gasteiger charge is -2.11. The van der Waals surface area contributed by atoms with Crippen LogP contribution in [-0.4, -0.2) is 4.98 Å². The normalized spacial score (nSPS) is 12.0. The van der Waals surface area contributed by atoms with E-state index in [2.05, 4.69) is 4.98 Å². The molecule has 2 aromatic carbocycles. The molecule has 1 aromatic heterocycles. The minimum atomic E-state index is -4.56. The zero-order valence-electron chi connectivity index (χ0n) is 12.2. The second-order valence-electron chi connectivity index (χ2n) is 5.20. The van der Waals surface area contributed by atoms with Crippen LogP contribution in [0.2, 0.25) is 0 Å². The number of alkyl halides is 3. The van der Waals surface area contributed by atoms with Crippen molar-refractivity contribution in [3.05, 3.63) is 41.5 Å². The molecule has 0 aliphatic carbocycles. The molecule has 1 heterocycles. The summed E-state index contributed by atoms with van der Waals surface area (Å²) in [5.74, 6) is -0.104. The number of halogens is 3. The summed E-state index contributed by atoms with van der Waals surface area (Å²) in [6.07, 6.45) is -3.93. The van der Waals surface area contributed by atoms with Crippen LogP contribution in [0, 0.1) is 0 Å². The molecular weight excluding hydrogens is 307 g/mol. The number of nitrogen functional groups attached to an aromatic ring is 2. The van der Waals surface area contributed by atoms with E-state index in [4.69, 9.17) is 15.9 Å². The van der Waals surface area contributed by atoms with Crippen LogP contribution in [-0.2, 0) is 12.6 Å². The van der Waals surface area contributed by atoms with Gasteiger partial charge in [0.2, 0.25) is 5.89 Å². The van der Waals surface area contributed by atoms with Gasteiger partial charge in [-0.05, 0) is 42.3 Å². The number of oxazole rings is 1. The summed E-state index contributed by atoms with van der Waals surface area (Å²) in [5.41, 5.74) is 12.4. The Hall–Kier alpha value is -2.70. The van der Waals surface area contributed by atoms with Crippen LogP contribution < -0.4 is 11.5 Å². The van der Waals surface area contributed by atoms with E-state index in [1.807, 2.05) is 6.92 Å². The highest BCUT2D eigenvalue weighted by Crippen LogP contribution is 2.39. The average Bonchev–Trinajstić information content (AvgIpc) is 2.88. The average molecular weight is 321 g/mol. The summed E-state index contributed by atoms with van der Waals surface area (Å²) in [7, 11) is 0. The molecule has 0 bridgehead atoms. The van der Waals surface area contributed by atoms with Crippen molar-refractivity contribution in [2.75, 3.05) is 11.5 Å². The SMILES string of the molecule is CCc1cc(N)cc2nc(-c3ccc(N)cc3C(F)(F)F)oc12. The molecule has 0 atom stereocenters. The van der Waals surface area contributed by atoms with E-state index in [0.29, 0.717) is 23.2 Å².